The summed E-state index contributed by atoms with van der Waals surface area (Å²) >= 11 is 7.43. The van der Waals surface area contributed by atoms with Gasteiger partial charge in [-0.25, -0.2) is 9.37 Å². The van der Waals surface area contributed by atoms with Crippen LogP contribution in [0.15, 0.2) is 18.2 Å². The molecule has 0 atom stereocenters. The van der Waals surface area contributed by atoms with E-state index in [4.69, 9.17) is 11.6 Å². The SMILES string of the molecule is Cc1nc(C)c(CNc2cc(Cl)ccc2F)s1. The lowest BCUT2D eigenvalue weighted by Crippen LogP contribution is -2.01. The third-order valence-corrected chi connectivity index (χ3v) is 3.68. The summed E-state index contributed by atoms with van der Waals surface area (Å²) in [5.74, 6) is -0.298. The molecule has 5 heteroatoms. The van der Waals surface area contributed by atoms with Gasteiger partial charge in [0.25, 0.3) is 0 Å². The lowest BCUT2D eigenvalue weighted by molar-refractivity contribution is 0.630. The second kappa shape index (κ2) is 5.02. The largest absolute Gasteiger partial charge is 0.378 e. The van der Waals surface area contributed by atoms with Crippen molar-refractivity contribution in [2.24, 2.45) is 0 Å². The average molecular weight is 271 g/mol. The molecule has 0 unspecified atom stereocenters. The number of benzene rings is 1. The highest BCUT2D eigenvalue weighted by Crippen LogP contribution is 2.22. The molecule has 0 aliphatic carbocycles. The number of thiazole rings is 1. The van der Waals surface area contributed by atoms with Crippen LogP contribution in [0.2, 0.25) is 5.02 Å². The van der Waals surface area contributed by atoms with Gasteiger partial charge in [-0.15, -0.1) is 11.3 Å². The number of aromatic nitrogens is 1. The van der Waals surface area contributed by atoms with Crippen LogP contribution < -0.4 is 5.32 Å². The highest BCUT2D eigenvalue weighted by atomic mass is 35.5. The molecule has 1 heterocycles. The molecule has 0 amide bonds. The van der Waals surface area contributed by atoms with Gasteiger partial charge in [0.05, 0.1) is 22.9 Å². The van der Waals surface area contributed by atoms with Gasteiger partial charge in [-0.1, -0.05) is 11.6 Å². The Morgan fingerprint density at radius 2 is 2.18 bits per heavy atom. The number of hydrogen-bond acceptors (Lipinski definition) is 3. The van der Waals surface area contributed by atoms with Crippen LogP contribution in [-0.4, -0.2) is 4.98 Å². The summed E-state index contributed by atoms with van der Waals surface area (Å²) in [7, 11) is 0. The number of nitrogens with one attached hydrogen (secondary N) is 1. The van der Waals surface area contributed by atoms with Crippen molar-refractivity contribution in [2.75, 3.05) is 5.32 Å². The maximum atomic E-state index is 13.4. The van der Waals surface area contributed by atoms with Crippen LogP contribution in [0.25, 0.3) is 0 Å². The fraction of sp³-hybridized carbons (Fsp3) is 0.250. The van der Waals surface area contributed by atoms with Crippen molar-refractivity contribution in [3.63, 3.8) is 0 Å². The lowest BCUT2D eigenvalue weighted by Gasteiger charge is -2.06. The van der Waals surface area contributed by atoms with Gasteiger partial charge >= 0.3 is 0 Å². The zero-order valence-corrected chi connectivity index (χ0v) is 11.1. The minimum atomic E-state index is -0.298. The molecule has 0 saturated carbocycles. The minimum absolute atomic E-state index is 0.298. The summed E-state index contributed by atoms with van der Waals surface area (Å²) in [6.07, 6.45) is 0. The summed E-state index contributed by atoms with van der Waals surface area (Å²) < 4.78 is 13.4. The fourth-order valence-corrected chi connectivity index (χ4v) is 2.59. The number of nitrogens with zero attached hydrogens (tertiary/aromatic N) is 1. The quantitative estimate of drug-likeness (QED) is 0.906. The number of aryl methyl sites for hydroxylation is 2. The lowest BCUT2D eigenvalue weighted by atomic mass is 10.3. The Bertz CT molecular complexity index is 539. The molecule has 2 nitrogen and oxygen atoms in total. The van der Waals surface area contributed by atoms with Crippen LogP contribution in [0.4, 0.5) is 10.1 Å². The molecule has 90 valence electrons. The number of halogens is 2. The normalized spacial score (nSPS) is 10.6. The molecular formula is C12H12ClFN2S. The highest BCUT2D eigenvalue weighted by Gasteiger charge is 2.06. The highest BCUT2D eigenvalue weighted by molar-refractivity contribution is 7.11. The second-order valence-corrected chi connectivity index (χ2v) is 5.44. The molecule has 0 aliphatic heterocycles. The van der Waals surface area contributed by atoms with E-state index in [1.165, 1.54) is 12.1 Å². The Morgan fingerprint density at radius 1 is 1.41 bits per heavy atom. The third-order valence-electron chi connectivity index (χ3n) is 2.37. The van der Waals surface area contributed by atoms with Gasteiger partial charge in [0.2, 0.25) is 0 Å². The van der Waals surface area contributed by atoms with E-state index < -0.39 is 0 Å². The van der Waals surface area contributed by atoms with Crippen molar-refractivity contribution in [1.29, 1.82) is 0 Å². The maximum absolute atomic E-state index is 13.4. The number of hydrogen-bond donors (Lipinski definition) is 1. The van der Waals surface area contributed by atoms with Gasteiger partial charge < -0.3 is 5.32 Å². The predicted octanol–water partition coefficient (Wildman–Crippen LogP) is 4.16. The number of anilines is 1. The van der Waals surface area contributed by atoms with Crippen LogP contribution in [0, 0.1) is 19.7 Å². The summed E-state index contributed by atoms with van der Waals surface area (Å²) in [5, 5.41) is 4.57. The first-order valence-electron chi connectivity index (χ1n) is 5.18. The molecule has 0 radical (unpaired) electrons. The van der Waals surface area contributed by atoms with E-state index >= 15 is 0 Å². The van der Waals surface area contributed by atoms with Crippen molar-refractivity contribution in [3.8, 4) is 0 Å². The van der Waals surface area contributed by atoms with Gasteiger partial charge in [-0.2, -0.15) is 0 Å². The van der Waals surface area contributed by atoms with Crippen molar-refractivity contribution < 1.29 is 4.39 Å². The Morgan fingerprint density at radius 3 is 2.82 bits per heavy atom. The maximum Gasteiger partial charge on any atom is 0.146 e. The number of rotatable bonds is 3. The van der Waals surface area contributed by atoms with Crippen molar-refractivity contribution >= 4 is 28.6 Å². The van der Waals surface area contributed by atoms with Crippen LogP contribution >= 0.6 is 22.9 Å². The molecule has 1 aromatic carbocycles. The standard InChI is InChI=1S/C12H12ClFN2S/c1-7-12(17-8(2)16-7)6-15-11-5-9(13)3-4-10(11)14/h3-5,15H,6H2,1-2H3. The van der Waals surface area contributed by atoms with Gasteiger partial charge in [0, 0.05) is 9.90 Å². The topological polar surface area (TPSA) is 24.9 Å². The van der Waals surface area contributed by atoms with Crippen molar-refractivity contribution in [3.05, 3.63) is 44.6 Å². The monoisotopic (exact) mass is 270 g/mol. The first kappa shape index (κ1) is 12.3. The molecule has 0 spiro atoms. The predicted molar refractivity (Wildman–Crippen MR) is 70.3 cm³/mol. The van der Waals surface area contributed by atoms with E-state index in [0.717, 1.165) is 15.6 Å². The van der Waals surface area contributed by atoms with Gasteiger partial charge in [-0.05, 0) is 32.0 Å². The Balaban J connectivity index is 2.12. The van der Waals surface area contributed by atoms with Gasteiger partial charge in [-0.3, -0.25) is 0 Å². The van der Waals surface area contributed by atoms with Crippen LogP contribution in [-0.2, 0) is 6.54 Å². The summed E-state index contributed by atoms with van der Waals surface area (Å²) in [6, 6.07) is 4.47. The molecule has 2 rings (SSSR count). The molecule has 1 aromatic heterocycles. The van der Waals surface area contributed by atoms with E-state index in [2.05, 4.69) is 10.3 Å². The zero-order chi connectivity index (χ0) is 12.4. The van der Waals surface area contributed by atoms with Crippen LogP contribution in [0.3, 0.4) is 0 Å². The van der Waals surface area contributed by atoms with Crippen molar-refractivity contribution in [2.45, 2.75) is 20.4 Å². The van der Waals surface area contributed by atoms with Crippen molar-refractivity contribution in [1.82, 2.24) is 4.98 Å². The Kier molecular flexibility index (Phi) is 3.64. The van der Waals surface area contributed by atoms with Crippen LogP contribution in [0.1, 0.15) is 15.6 Å². The molecule has 0 aliphatic rings. The molecule has 0 bridgehead atoms. The minimum Gasteiger partial charge on any atom is -0.378 e. The van der Waals surface area contributed by atoms with Gasteiger partial charge in [0.15, 0.2) is 0 Å². The third kappa shape index (κ3) is 2.96. The van der Waals surface area contributed by atoms with E-state index in [0.29, 0.717) is 17.3 Å². The summed E-state index contributed by atoms with van der Waals surface area (Å²) in [6.45, 7) is 4.48. The molecule has 0 saturated heterocycles. The van der Waals surface area contributed by atoms with Gasteiger partial charge in [0.1, 0.15) is 5.82 Å². The molecule has 0 fully saturated rings. The summed E-state index contributed by atoms with van der Waals surface area (Å²) in [5.41, 5.74) is 1.41. The van der Waals surface area contributed by atoms with E-state index in [9.17, 15) is 4.39 Å². The fourth-order valence-electron chi connectivity index (χ4n) is 1.55. The zero-order valence-electron chi connectivity index (χ0n) is 9.55. The molecular weight excluding hydrogens is 259 g/mol. The smallest absolute Gasteiger partial charge is 0.146 e. The molecule has 2 aromatic rings. The van der Waals surface area contributed by atoms with E-state index in [-0.39, 0.29) is 5.82 Å². The Hall–Kier alpha value is -1.13. The van der Waals surface area contributed by atoms with E-state index in [1.54, 1.807) is 17.4 Å². The Labute approximate surface area is 108 Å². The van der Waals surface area contributed by atoms with Crippen LogP contribution in [0.5, 0.6) is 0 Å². The second-order valence-electron chi connectivity index (χ2n) is 3.72. The summed E-state index contributed by atoms with van der Waals surface area (Å²) in [4.78, 5) is 5.43. The first-order valence-corrected chi connectivity index (χ1v) is 6.37. The average Bonchev–Trinajstić information content (AvgIpc) is 2.59. The first-order chi connectivity index (χ1) is 8.06. The van der Waals surface area contributed by atoms with E-state index in [1.807, 2.05) is 13.8 Å². The molecule has 1 N–H and O–H groups in total. The molecule has 17 heavy (non-hydrogen) atoms.